The fourth-order valence-electron chi connectivity index (χ4n) is 3.80. The molecule has 0 bridgehead atoms. The van der Waals surface area contributed by atoms with Crippen molar-refractivity contribution in [3.8, 4) is 5.75 Å². The maximum atomic E-state index is 12.5. The standard InChI is InChI=1S/C23H36N2O3/c1-6-18(7-2)23(27)25-12-10-19(11-13-25)24-22(26)15-28-21-14-17(5)8-9-20(21)16(3)4/h8-9,14,16,18-19H,6-7,10-13,15H2,1-5H3,(H,24,26). The van der Waals surface area contributed by atoms with E-state index >= 15 is 0 Å². The molecule has 156 valence electrons. The summed E-state index contributed by atoms with van der Waals surface area (Å²) in [6, 6.07) is 6.24. The van der Waals surface area contributed by atoms with E-state index in [1.165, 1.54) is 0 Å². The Hall–Kier alpha value is -2.04. The molecule has 2 rings (SSSR count). The Kier molecular flexibility index (Phi) is 8.34. The Labute approximate surface area is 169 Å². The molecule has 1 aliphatic rings. The lowest BCUT2D eigenvalue weighted by Gasteiger charge is -2.34. The Morgan fingerprint density at radius 2 is 1.82 bits per heavy atom. The zero-order chi connectivity index (χ0) is 20.7. The van der Waals surface area contributed by atoms with Crippen LogP contribution in [0.1, 0.15) is 70.4 Å². The number of aryl methyl sites for hydroxylation is 1. The SMILES string of the molecule is CCC(CC)C(=O)N1CCC(NC(=O)COc2cc(C)ccc2C(C)C)CC1. The molecule has 5 heteroatoms. The van der Waals surface area contributed by atoms with E-state index in [2.05, 4.69) is 45.1 Å². The predicted octanol–water partition coefficient (Wildman–Crippen LogP) is 4.04. The molecular weight excluding hydrogens is 352 g/mol. The minimum atomic E-state index is -0.0963. The van der Waals surface area contributed by atoms with Crippen LogP contribution in [-0.4, -0.2) is 42.5 Å². The van der Waals surface area contributed by atoms with Crippen LogP contribution in [0.3, 0.4) is 0 Å². The van der Waals surface area contributed by atoms with Gasteiger partial charge in [0.2, 0.25) is 5.91 Å². The molecule has 1 heterocycles. The van der Waals surface area contributed by atoms with E-state index in [-0.39, 0.29) is 30.4 Å². The smallest absolute Gasteiger partial charge is 0.258 e. The first kappa shape index (κ1) is 22.3. The molecular formula is C23H36N2O3. The van der Waals surface area contributed by atoms with Gasteiger partial charge in [-0.1, -0.05) is 39.8 Å². The van der Waals surface area contributed by atoms with Crippen LogP contribution in [0.2, 0.25) is 0 Å². The van der Waals surface area contributed by atoms with Gasteiger partial charge in [0, 0.05) is 25.0 Å². The second kappa shape index (κ2) is 10.5. The summed E-state index contributed by atoms with van der Waals surface area (Å²) in [5, 5.41) is 3.07. The lowest BCUT2D eigenvalue weighted by molar-refractivity contribution is -0.137. The molecule has 1 N–H and O–H groups in total. The average Bonchev–Trinajstić information content (AvgIpc) is 2.67. The van der Waals surface area contributed by atoms with Gasteiger partial charge in [-0.25, -0.2) is 0 Å². The van der Waals surface area contributed by atoms with Crippen molar-refractivity contribution in [1.29, 1.82) is 0 Å². The van der Waals surface area contributed by atoms with Crippen molar-refractivity contribution in [2.24, 2.45) is 5.92 Å². The summed E-state index contributed by atoms with van der Waals surface area (Å²) in [4.78, 5) is 26.8. The molecule has 1 saturated heterocycles. The van der Waals surface area contributed by atoms with Crippen molar-refractivity contribution in [3.63, 3.8) is 0 Å². The van der Waals surface area contributed by atoms with E-state index in [0.717, 1.165) is 55.6 Å². The van der Waals surface area contributed by atoms with Crippen molar-refractivity contribution >= 4 is 11.8 Å². The topological polar surface area (TPSA) is 58.6 Å². The van der Waals surface area contributed by atoms with Gasteiger partial charge in [0.1, 0.15) is 5.75 Å². The van der Waals surface area contributed by atoms with Crippen LogP contribution in [0.4, 0.5) is 0 Å². The quantitative estimate of drug-likeness (QED) is 0.731. The van der Waals surface area contributed by atoms with Gasteiger partial charge >= 0.3 is 0 Å². The number of carbonyl (C=O) groups is 2. The van der Waals surface area contributed by atoms with Gasteiger partial charge in [-0.3, -0.25) is 9.59 Å². The summed E-state index contributed by atoms with van der Waals surface area (Å²) in [7, 11) is 0. The van der Waals surface area contributed by atoms with Crippen LogP contribution in [0.25, 0.3) is 0 Å². The molecule has 5 nitrogen and oxygen atoms in total. The molecule has 1 aromatic rings. The number of likely N-dealkylation sites (tertiary alicyclic amines) is 1. The summed E-state index contributed by atoms with van der Waals surface area (Å²) < 4.78 is 5.83. The minimum Gasteiger partial charge on any atom is -0.483 e. The van der Waals surface area contributed by atoms with Gasteiger partial charge < -0.3 is 15.0 Å². The summed E-state index contributed by atoms with van der Waals surface area (Å²) in [6.07, 6.45) is 3.39. The van der Waals surface area contributed by atoms with E-state index < -0.39 is 0 Å². The summed E-state index contributed by atoms with van der Waals surface area (Å²) in [5.41, 5.74) is 2.24. The van der Waals surface area contributed by atoms with Crippen molar-refractivity contribution in [2.45, 2.75) is 72.3 Å². The van der Waals surface area contributed by atoms with Crippen molar-refractivity contribution in [2.75, 3.05) is 19.7 Å². The highest BCUT2D eigenvalue weighted by molar-refractivity contribution is 5.79. The first-order valence-electron chi connectivity index (χ1n) is 10.7. The fourth-order valence-corrected chi connectivity index (χ4v) is 3.80. The van der Waals surface area contributed by atoms with Gasteiger partial charge in [0.05, 0.1) is 0 Å². The first-order chi connectivity index (χ1) is 13.3. The molecule has 0 unspecified atom stereocenters. The number of carbonyl (C=O) groups excluding carboxylic acids is 2. The van der Waals surface area contributed by atoms with Crippen molar-refractivity contribution < 1.29 is 14.3 Å². The number of nitrogens with one attached hydrogen (secondary N) is 1. The Balaban J connectivity index is 1.81. The second-order valence-corrected chi connectivity index (χ2v) is 8.17. The van der Waals surface area contributed by atoms with Crippen LogP contribution in [0, 0.1) is 12.8 Å². The highest BCUT2D eigenvalue weighted by Gasteiger charge is 2.27. The molecule has 0 spiro atoms. The molecule has 0 aromatic heterocycles. The highest BCUT2D eigenvalue weighted by Crippen LogP contribution is 2.27. The van der Waals surface area contributed by atoms with Crippen LogP contribution < -0.4 is 10.1 Å². The zero-order valence-corrected chi connectivity index (χ0v) is 18.1. The third kappa shape index (κ3) is 5.98. The van der Waals surface area contributed by atoms with Gasteiger partial charge in [0.25, 0.3) is 5.91 Å². The number of hydrogen-bond donors (Lipinski definition) is 1. The maximum Gasteiger partial charge on any atom is 0.258 e. The highest BCUT2D eigenvalue weighted by atomic mass is 16.5. The summed E-state index contributed by atoms with van der Waals surface area (Å²) >= 11 is 0. The van der Waals surface area contributed by atoms with E-state index in [0.29, 0.717) is 5.92 Å². The van der Waals surface area contributed by atoms with Crippen LogP contribution >= 0.6 is 0 Å². The molecule has 0 atom stereocenters. The molecule has 1 fully saturated rings. The minimum absolute atomic E-state index is 0.0239. The molecule has 28 heavy (non-hydrogen) atoms. The van der Waals surface area contributed by atoms with Gasteiger partial charge in [0.15, 0.2) is 6.61 Å². The third-order valence-corrected chi connectivity index (χ3v) is 5.66. The Bertz CT molecular complexity index is 660. The van der Waals surface area contributed by atoms with E-state index in [4.69, 9.17) is 4.74 Å². The molecule has 0 aliphatic carbocycles. The Morgan fingerprint density at radius 1 is 1.18 bits per heavy atom. The number of nitrogens with zero attached hydrogens (tertiary/aromatic N) is 1. The number of benzene rings is 1. The first-order valence-corrected chi connectivity index (χ1v) is 10.7. The predicted molar refractivity (Wildman–Crippen MR) is 113 cm³/mol. The van der Waals surface area contributed by atoms with Crippen LogP contribution in [-0.2, 0) is 9.59 Å². The largest absolute Gasteiger partial charge is 0.483 e. The third-order valence-electron chi connectivity index (χ3n) is 5.66. The molecule has 1 aliphatic heterocycles. The van der Waals surface area contributed by atoms with Gasteiger partial charge in [-0.2, -0.15) is 0 Å². The van der Waals surface area contributed by atoms with E-state index in [1.807, 2.05) is 17.9 Å². The van der Waals surface area contributed by atoms with Crippen LogP contribution in [0.5, 0.6) is 5.75 Å². The van der Waals surface area contributed by atoms with Crippen molar-refractivity contribution in [3.05, 3.63) is 29.3 Å². The number of amides is 2. The normalized spacial score (nSPS) is 15.2. The number of rotatable bonds is 8. The van der Waals surface area contributed by atoms with Crippen molar-refractivity contribution in [1.82, 2.24) is 10.2 Å². The van der Waals surface area contributed by atoms with E-state index in [1.54, 1.807) is 0 Å². The maximum absolute atomic E-state index is 12.5. The second-order valence-electron chi connectivity index (χ2n) is 8.17. The average molecular weight is 389 g/mol. The molecule has 1 aromatic carbocycles. The Morgan fingerprint density at radius 3 is 2.39 bits per heavy atom. The van der Waals surface area contributed by atoms with Gasteiger partial charge in [-0.05, 0) is 55.7 Å². The summed E-state index contributed by atoms with van der Waals surface area (Å²) in [5.74, 6) is 1.43. The van der Waals surface area contributed by atoms with E-state index in [9.17, 15) is 9.59 Å². The molecule has 2 amide bonds. The number of hydrogen-bond acceptors (Lipinski definition) is 3. The van der Waals surface area contributed by atoms with Gasteiger partial charge in [-0.15, -0.1) is 0 Å². The zero-order valence-electron chi connectivity index (χ0n) is 18.1. The number of piperidine rings is 1. The van der Waals surface area contributed by atoms with Crippen LogP contribution in [0.15, 0.2) is 18.2 Å². The molecule has 0 saturated carbocycles. The lowest BCUT2D eigenvalue weighted by atomic mass is 9.98. The molecule has 0 radical (unpaired) electrons. The fraction of sp³-hybridized carbons (Fsp3) is 0.652. The lowest BCUT2D eigenvalue weighted by Crippen LogP contribution is -2.48. The number of ether oxygens (including phenoxy) is 1. The summed E-state index contributed by atoms with van der Waals surface area (Å²) in [6.45, 7) is 11.9. The monoisotopic (exact) mass is 388 g/mol.